The Hall–Kier alpha value is -1.10. The number of esters is 1. The van der Waals surface area contributed by atoms with Gasteiger partial charge in [-0.25, -0.2) is 9.59 Å². The van der Waals surface area contributed by atoms with E-state index in [0.717, 1.165) is 0 Å². The van der Waals surface area contributed by atoms with Crippen molar-refractivity contribution >= 4 is 12.1 Å². The molecule has 0 radical (unpaired) electrons. The number of carbonyl (C=O) groups excluding carboxylic acids is 2. The maximum atomic E-state index is 11.1. The molecule has 0 aromatic carbocycles. The standard InChI is InChI=1S/C9H17NO4/c1-8(2,3)14-7(12)13-6(11)9(4,5)10/h10H2,1-5H3. The quantitative estimate of drug-likeness (QED) is 0.511. The fourth-order valence-electron chi connectivity index (χ4n) is 0.478. The normalized spacial score (nSPS) is 12.1. The number of carbonyl (C=O) groups is 2. The van der Waals surface area contributed by atoms with E-state index in [1.54, 1.807) is 20.8 Å². The fourth-order valence-corrected chi connectivity index (χ4v) is 0.478. The first-order valence-electron chi connectivity index (χ1n) is 4.26. The molecule has 0 unspecified atom stereocenters. The lowest BCUT2D eigenvalue weighted by Gasteiger charge is -2.20. The van der Waals surface area contributed by atoms with Gasteiger partial charge in [-0.2, -0.15) is 0 Å². The number of hydrogen-bond donors (Lipinski definition) is 1. The molecule has 0 aromatic rings. The van der Waals surface area contributed by atoms with Crippen molar-refractivity contribution in [1.82, 2.24) is 0 Å². The molecule has 0 aromatic heterocycles. The molecule has 0 aliphatic heterocycles. The van der Waals surface area contributed by atoms with Crippen LogP contribution in [0.4, 0.5) is 4.79 Å². The molecule has 5 nitrogen and oxygen atoms in total. The maximum absolute atomic E-state index is 11.1. The van der Waals surface area contributed by atoms with Gasteiger partial charge in [0.05, 0.1) is 0 Å². The molecule has 0 fully saturated rings. The van der Waals surface area contributed by atoms with Gasteiger partial charge in [-0.15, -0.1) is 0 Å². The summed E-state index contributed by atoms with van der Waals surface area (Å²) in [6, 6.07) is 0. The highest BCUT2D eigenvalue weighted by Gasteiger charge is 2.28. The van der Waals surface area contributed by atoms with Gasteiger partial charge in [0.1, 0.15) is 11.1 Å². The minimum Gasteiger partial charge on any atom is -0.428 e. The molecule has 2 N–H and O–H groups in total. The SMILES string of the molecule is CC(C)(C)OC(=O)OC(=O)C(C)(C)N. The molecule has 0 saturated heterocycles. The van der Waals surface area contributed by atoms with E-state index in [-0.39, 0.29) is 0 Å². The number of rotatable bonds is 1. The third-order valence-electron chi connectivity index (χ3n) is 1.09. The van der Waals surface area contributed by atoms with Crippen LogP contribution in [-0.2, 0) is 14.3 Å². The Morgan fingerprint density at radius 1 is 1.07 bits per heavy atom. The molecule has 0 atom stereocenters. The van der Waals surface area contributed by atoms with Gasteiger partial charge in [0.2, 0.25) is 0 Å². The molecule has 0 saturated carbocycles. The van der Waals surface area contributed by atoms with Crippen molar-refractivity contribution in [1.29, 1.82) is 0 Å². The van der Waals surface area contributed by atoms with Crippen LogP contribution in [-0.4, -0.2) is 23.3 Å². The number of ether oxygens (including phenoxy) is 2. The van der Waals surface area contributed by atoms with E-state index >= 15 is 0 Å². The minimum atomic E-state index is -1.20. The van der Waals surface area contributed by atoms with Crippen LogP contribution in [0.5, 0.6) is 0 Å². The lowest BCUT2D eigenvalue weighted by Crippen LogP contribution is -2.44. The maximum Gasteiger partial charge on any atom is 0.516 e. The van der Waals surface area contributed by atoms with Crippen LogP contribution in [0, 0.1) is 0 Å². The Morgan fingerprint density at radius 3 is 1.79 bits per heavy atom. The van der Waals surface area contributed by atoms with E-state index < -0.39 is 23.3 Å². The summed E-state index contributed by atoms with van der Waals surface area (Å²) in [7, 11) is 0. The average Bonchev–Trinajstić information content (AvgIpc) is 1.79. The van der Waals surface area contributed by atoms with Crippen LogP contribution < -0.4 is 5.73 Å². The molecule has 0 rings (SSSR count). The molecule has 0 aliphatic carbocycles. The van der Waals surface area contributed by atoms with Gasteiger partial charge in [-0.1, -0.05) is 0 Å². The molecule has 0 spiro atoms. The molecular weight excluding hydrogens is 186 g/mol. The highest BCUT2D eigenvalue weighted by atomic mass is 16.7. The Labute approximate surface area is 83.5 Å². The third-order valence-corrected chi connectivity index (χ3v) is 1.09. The predicted octanol–water partition coefficient (Wildman–Crippen LogP) is 1.20. The summed E-state index contributed by atoms with van der Waals surface area (Å²) in [6.45, 7) is 7.91. The van der Waals surface area contributed by atoms with Crippen molar-refractivity contribution in [2.75, 3.05) is 0 Å². The molecule has 0 bridgehead atoms. The van der Waals surface area contributed by atoms with Gasteiger partial charge in [-0.05, 0) is 34.6 Å². The Balaban J connectivity index is 4.16. The second-order valence-electron chi connectivity index (χ2n) is 4.58. The summed E-state index contributed by atoms with van der Waals surface area (Å²) in [5.74, 6) is -0.813. The highest BCUT2D eigenvalue weighted by Crippen LogP contribution is 2.09. The highest BCUT2D eigenvalue weighted by molar-refractivity contribution is 5.88. The van der Waals surface area contributed by atoms with E-state index in [4.69, 9.17) is 10.5 Å². The monoisotopic (exact) mass is 203 g/mol. The largest absolute Gasteiger partial charge is 0.516 e. The first-order chi connectivity index (χ1) is 6.02. The zero-order valence-corrected chi connectivity index (χ0v) is 9.21. The van der Waals surface area contributed by atoms with Gasteiger partial charge in [0.25, 0.3) is 0 Å². The van der Waals surface area contributed by atoms with E-state index in [0.29, 0.717) is 0 Å². The second kappa shape index (κ2) is 3.96. The van der Waals surface area contributed by atoms with Crippen molar-refractivity contribution in [3.8, 4) is 0 Å². The van der Waals surface area contributed by atoms with Crippen molar-refractivity contribution < 1.29 is 19.1 Å². The second-order valence-corrected chi connectivity index (χ2v) is 4.58. The molecule has 5 heteroatoms. The summed E-state index contributed by atoms with van der Waals surface area (Å²) in [6.07, 6.45) is -1.03. The van der Waals surface area contributed by atoms with Crippen molar-refractivity contribution in [2.45, 2.75) is 45.8 Å². The van der Waals surface area contributed by atoms with E-state index in [2.05, 4.69) is 4.74 Å². The van der Waals surface area contributed by atoms with Crippen LogP contribution in [0.25, 0.3) is 0 Å². The zero-order valence-electron chi connectivity index (χ0n) is 9.21. The van der Waals surface area contributed by atoms with Gasteiger partial charge in [0, 0.05) is 0 Å². The smallest absolute Gasteiger partial charge is 0.428 e. The third kappa shape index (κ3) is 5.53. The van der Waals surface area contributed by atoms with Crippen LogP contribution >= 0.6 is 0 Å². The predicted molar refractivity (Wildman–Crippen MR) is 50.6 cm³/mol. The Bertz CT molecular complexity index is 234. The Morgan fingerprint density at radius 2 is 1.50 bits per heavy atom. The van der Waals surface area contributed by atoms with E-state index in [1.165, 1.54) is 13.8 Å². The lowest BCUT2D eigenvalue weighted by molar-refractivity contribution is -0.146. The van der Waals surface area contributed by atoms with Crippen LogP contribution in [0.2, 0.25) is 0 Å². The summed E-state index contributed by atoms with van der Waals surface area (Å²) in [5.41, 5.74) is 3.53. The summed E-state index contributed by atoms with van der Waals surface area (Å²) in [4.78, 5) is 22.1. The Kier molecular flexibility index (Phi) is 3.65. The fraction of sp³-hybridized carbons (Fsp3) is 0.778. The van der Waals surface area contributed by atoms with Gasteiger partial charge in [0.15, 0.2) is 0 Å². The van der Waals surface area contributed by atoms with Crippen molar-refractivity contribution in [2.24, 2.45) is 5.73 Å². The molecule has 0 aliphatic rings. The topological polar surface area (TPSA) is 78.6 Å². The van der Waals surface area contributed by atoms with Crippen LogP contribution in [0.15, 0.2) is 0 Å². The number of hydrogen-bond acceptors (Lipinski definition) is 5. The van der Waals surface area contributed by atoms with E-state index in [9.17, 15) is 9.59 Å². The summed E-state index contributed by atoms with van der Waals surface area (Å²) >= 11 is 0. The van der Waals surface area contributed by atoms with Gasteiger partial charge in [-0.3, -0.25) is 0 Å². The van der Waals surface area contributed by atoms with Gasteiger partial charge >= 0.3 is 12.1 Å². The molecular formula is C9H17NO4. The summed E-state index contributed by atoms with van der Waals surface area (Å²) < 4.78 is 9.13. The minimum absolute atomic E-state index is 0.684. The van der Waals surface area contributed by atoms with E-state index in [1.807, 2.05) is 0 Å². The average molecular weight is 203 g/mol. The van der Waals surface area contributed by atoms with Crippen molar-refractivity contribution in [3.63, 3.8) is 0 Å². The zero-order chi connectivity index (χ0) is 11.6. The van der Waals surface area contributed by atoms with Crippen molar-refractivity contribution in [3.05, 3.63) is 0 Å². The molecule has 0 heterocycles. The first-order valence-corrected chi connectivity index (χ1v) is 4.26. The lowest BCUT2D eigenvalue weighted by atomic mass is 10.1. The number of nitrogens with two attached hydrogens (primary N) is 1. The molecule has 14 heavy (non-hydrogen) atoms. The first kappa shape index (κ1) is 12.9. The van der Waals surface area contributed by atoms with Gasteiger partial charge < -0.3 is 15.2 Å². The van der Waals surface area contributed by atoms with Crippen LogP contribution in [0.3, 0.4) is 0 Å². The summed E-state index contributed by atoms with van der Waals surface area (Å²) in [5, 5.41) is 0. The van der Waals surface area contributed by atoms with Crippen LogP contribution in [0.1, 0.15) is 34.6 Å². The molecule has 0 amide bonds. The molecule has 82 valence electrons.